The van der Waals surface area contributed by atoms with Crippen LogP contribution in [0.2, 0.25) is 19.6 Å². The van der Waals surface area contributed by atoms with Crippen molar-refractivity contribution in [3.05, 3.63) is 188 Å². The first-order valence-electron chi connectivity index (χ1n) is 17.7. The molecule has 1 unspecified atom stereocenters. The second-order valence-electron chi connectivity index (χ2n) is 14.4. The van der Waals surface area contributed by atoms with E-state index in [1.165, 1.54) is 5.19 Å². The van der Waals surface area contributed by atoms with Gasteiger partial charge >= 0.3 is 0 Å². The van der Waals surface area contributed by atoms with Gasteiger partial charge in [-0.1, -0.05) is 196 Å². The van der Waals surface area contributed by atoms with Gasteiger partial charge < -0.3 is 9.13 Å². The quantitative estimate of drug-likeness (QED) is 0.116. The van der Waals surface area contributed by atoms with Crippen molar-refractivity contribution >= 4 is 80.9 Å². The molecule has 0 aromatic heterocycles. The number of hydrogen-bond acceptors (Lipinski definition) is 2. The van der Waals surface area contributed by atoms with Gasteiger partial charge in [0.15, 0.2) is 14.3 Å². The van der Waals surface area contributed by atoms with Crippen LogP contribution >= 0.6 is 14.3 Å². The second-order valence-corrected chi connectivity index (χ2v) is 24.8. The summed E-state index contributed by atoms with van der Waals surface area (Å²) in [5.74, 6) is 0. The van der Waals surface area contributed by atoms with Gasteiger partial charge in [0.2, 0.25) is 0 Å². The third-order valence-electron chi connectivity index (χ3n) is 10.2. The molecule has 0 fully saturated rings. The van der Waals surface area contributed by atoms with Gasteiger partial charge in [0, 0.05) is 43.0 Å². The molecule has 0 bridgehead atoms. The van der Waals surface area contributed by atoms with E-state index in [1.807, 2.05) is 115 Å². The molecule has 5 heteroatoms. The number of rotatable bonds is 8. The van der Waals surface area contributed by atoms with Crippen molar-refractivity contribution in [2.24, 2.45) is 0 Å². The molecule has 52 heavy (non-hydrogen) atoms. The van der Waals surface area contributed by atoms with Gasteiger partial charge in [-0.05, 0) is 38.9 Å². The van der Waals surface area contributed by atoms with Crippen molar-refractivity contribution in [3.8, 4) is 11.1 Å². The maximum Gasteiger partial charge on any atom is 0.171 e. The minimum atomic E-state index is -3.57. The van der Waals surface area contributed by atoms with Gasteiger partial charge in [-0.15, -0.1) is 0 Å². The standard InChI is InChI=1S/C47H40O2P2Si/c1-52(2,3)45-30-18-17-29-42(45)51(49,39-25-11-6-12-26-39)44-34-32-36-20-14-16-28-41(36)47(44)46-40-27-15-13-19-35(40)31-33-43(46)50(48,37-21-7-4-8-22-37)38-23-9-5-10-24-38/h4-34H,1-3H3. The minimum Gasteiger partial charge on any atom is -0.309 e. The minimum absolute atomic E-state index is 0.735. The smallest absolute Gasteiger partial charge is 0.171 e. The number of hydrogen-bond donors (Lipinski definition) is 0. The van der Waals surface area contributed by atoms with Crippen molar-refractivity contribution < 1.29 is 9.13 Å². The van der Waals surface area contributed by atoms with Crippen molar-refractivity contribution in [2.75, 3.05) is 0 Å². The summed E-state index contributed by atoms with van der Waals surface area (Å²) in [6.45, 7) is 6.96. The summed E-state index contributed by atoms with van der Waals surface area (Å²) in [6.07, 6.45) is 0. The molecule has 0 aliphatic heterocycles. The van der Waals surface area contributed by atoms with Crippen molar-refractivity contribution in [1.29, 1.82) is 0 Å². The molecular weight excluding hydrogens is 687 g/mol. The van der Waals surface area contributed by atoms with Crippen molar-refractivity contribution in [1.82, 2.24) is 0 Å². The van der Waals surface area contributed by atoms with Crippen LogP contribution in [0.1, 0.15) is 0 Å². The lowest BCUT2D eigenvalue weighted by Crippen LogP contribution is -2.48. The van der Waals surface area contributed by atoms with Crippen LogP contribution in [0.15, 0.2) is 188 Å². The summed E-state index contributed by atoms with van der Waals surface area (Å²) in [6, 6.07) is 63.1. The highest BCUT2D eigenvalue weighted by Gasteiger charge is 2.40. The largest absolute Gasteiger partial charge is 0.309 e. The average Bonchev–Trinajstić information content (AvgIpc) is 3.20. The number of benzene rings is 8. The Morgan fingerprint density at radius 2 is 0.712 bits per heavy atom. The molecule has 0 saturated heterocycles. The Balaban J connectivity index is 1.60. The normalized spacial score (nSPS) is 13.2. The fraction of sp³-hybridized carbons (Fsp3) is 0.0638. The first kappa shape index (κ1) is 34.1. The molecule has 0 heterocycles. The molecule has 0 amide bonds. The van der Waals surface area contributed by atoms with Crippen LogP contribution in [-0.4, -0.2) is 8.07 Å². The molecule has 0 aliphatic carbocycles. The van der Waals surface area contributed by atoms with E-state index in [0.717, 1.165) is 64.5 Å². The molecule has 0 saturated carbocycles. The van der Waals surface area contributed by atoms with E-state index >= 15 is 9.13 Å². The van der Waals surface area contributed by atoms with Crippen molar-refractivity contribution in [3.63, 3.8) is 0 Å². The first-order valence-corrected chi connectivity index (χ1v) is 24.7. The fourth-order valence-electron chi connectivity index (χ4n) is 7.70. The molecule has 254 valence electrons. The lowest BCUT2D eigenvalue weighted by molar-refractivity contribution is 0.591. The maximum absolute atomic E-state index is 16.9. The molecule has 0 N–H and O–H groups in total. The van der Waals surface area contributed by atoms with E-state index in [2.05, 4.69) is 92.4 Å². The van der Waals surface area contributed by atoms with E-state index in [9.17, 15) is 0 Å². The van der Waals surface area contributed by atoms with Gasteiger partial charge in [-0.25, -0.2) is 0 Å². The molecule has 1 atom stereocenters. The van der Waals surface area contributed by atoms with Crippen LogP contribution in [0.25, 0.3) is 32.7 Å². The molecule has 0 radical (unpaired) electrons. The maximum atomic E-state index is 16.9. The number of fused-ring (bicyclic) bond motifs is 2. The predicted molar refractivity (Wildman–Crippen MR) is 229 cm³/mol. The Bertz CT molecular complexity index is 2620. The van der Waals surface area contributed by atoms with E-state index < -0.39 is 22.4 Å². The summed E-state index contributed by atoms with van der Waals surface area (Å²) >= 11 is 0. The highest BCUT2D eigenvalue weighted by atomic mass is 31.2. The highest BCUT2D eigenvalue weighted by Crippen LogP contribution is 2.51. The zero-order valence-corrected chi connectivity index (χ0v) is 32.4. The van der Waals surface area contributed by atoms with Crippen LogP contribution in [-0.2, 0) is 9.13 Å². The zero-order valence-electron chi connectivity index (χ0n) is 29.6. The Labute approximate surface area is 307 Å². The summed E-state index contributed by atoms with van der Waals surface area (Å²) in [5, 5.41) is 9.88. The summed E-state index contributed by atoms with van der Waals surface area (Å²) in [5.41, 5.74) is 1.73. The Morgan fingerprint density at radius 3 is 1.17 bits per heavy atom. The van der Waals surface area contributed by atoms with Crippen LogP contribution in [0.5, 0.6) is 0 Å². The summed E-state index contributed by atoms with van der Waals surface area (Å²) < 4.78 is 33.3. The van der Waals surface area contributed by atoms with Crippen LogP contribution in [0.4, 0.5) is 0 Å². The molecule has 2 nitrogen and oxygen atoms in total. The molecule has 0 aliphatic rings. The monoisotopic (exact) mass is 726 g/mol. The van der Waals surface area contributed by atoms with E-state index in [1.54, 1.807) is 0 Å². The van der Waals surface area contributed by atoms with E-state index in [0.29, 0.717) is 0 Å². The highest BCUT2D eigenvalue weighted by molar-refractivity contribution is 7.86. The SMILES string of the molecule is C[Si](C)(C)c1ccccc1P(=O)(c1ccccc1)c1ccc2ccccc2c1-c1c(P(=O)(c2ccccc2)c2ccccc2)ccc2ccccc12. The molecule has 0 spiro atoms. The van der Waals surface area contributed by atoms with E-state index in [4.69, 9.17) is 0 Å². The first-order chi connectivity index (χ1) is 25.2. The van der Waals surface area contributed by atoms with Crippen LogP contribution < -0.4 is 37.0 Å². The Hall–Kier alpha value is -5.04. The Kier molecular flexibility index (Phi) is 8.84. The lowest BCUT2D eigenvalue weighted by atomic mass is 9.93. The molecule has 8 aromatic carbocycles. The molecule has 8 rings (SSSR count). The van der Waals surface area contributed by atoms with Gasteiger partial charge in [0.05, 0.1) is 8.07 Å². The summed E-state index contributed by atoms with van der Waals surface area (Å²) in [4.78, 5) is 0. The third kappa shape index (κ3) is 5.65. The van der Waals surface area contributed by atoms with Gasteiger partial charge in [-0.2, -0.15) is 0 Å². The van der Waals surface area contributed by atoms with Crippen LogP contribution in [0, 0.1) is 0 Å². The summed E-state index contributed by atoms with van der Waals surface area (Å²) in [7, 11) is -9.06. The third-order valence-corrected chi connectivity index (χ3v) is 18.7. The van der Waals surface area contributed by atoms with Crippen molar-refractivity contribution in [2.45, 2.75) is 19.6 Å². The molecule has 8 aromatic rings. The lowest BCUT2D eigenvalue weighted by Gasteiger charge is -2.31. The second kappa shape index (κ2) is 13.5. The predicted octanol–water partition coefficient (Wildman–Crippen LogP) is 9.48. The van der Waals surface area contributed by atoms with Crippen LogP contribution in [0.3, 0.4) is 0 Å². The average molecular weight is 727 g/mol. The molecular formula is C47H40O2P2Si. The van der Waals surface area contributed by atoms with Gasteiger partial charge in [0.1, 0.15) is 0 Å². The van der Waals surface area contributed by atoms with Gasteiger partial charge in [-0.3, -0.25) is 0 Å². The fourth-order valence-corrected chi connectivity index (χ4v) is 16.4. The zero-order chi connectivity index (χ0) is 35.9. The Morgan fingerprint density at radius 1 is 0.346 bits per heavy atom. The topological polar surface area (TPSA) is 34.1 Å². The van der Waals surface area contributed by atoms with E-state index in [-0.39, 0.29) is 0 Å². The van der Waals surface area contributed by atoms with Gasteiger partial charge in [0.25, 0.3) is 0 Å².